The van der Waals surface area contributed by atoms with E-state index in [0.29, 0.717) is 11.6 Å². The molecule has 12 heteroatoms. The van der Waals surface area contributed by atoms with Gasteiger partial charge in [0.05, 0.1) is 11.2 Å². The Kier molecular flexibility index (Phi) is 5.08. The van der Waals surface area contributed by atoms with Crippen molar-refractivity contribution in [2.45, 2.75) is 18.1 Å². The van der Waals surface area contributed by atoms with Gasteiger partial charge in [0.15, 0.2) is 0 Å². The summed E-state index contributed by atoms with van der Waals surface area (Å²) in [7, 11) is 0. The lowest BCUT2D eigenvalue weighted by Gasteiger charge is -2.27. The number of halogens is 9. The van der Waals surface area contributed by atoms with Crippen molar-refractivity contribution in [1.29, 1.82) is 0 Å². The number of aromatic hydroxyl groups is 1. The SMILES string of the molecule is Oc1c(Cl)cc(Cl)cc1/C=N/NC(F)(F)C(F)(F)C(F)(F)F. The number of alkyl halides is 7. The van der Waals surface area contributed by atoms with Crippen molar-refractivity contribution in [2.75, 3.05) is 0 Å². The van der Waals surface area contributed by atoms with E-state index in [0.717, 1.165) is 12.1 Å². The van der Waals surface area contributed by atoms with Gasteiger partial charge in [0, 0.05) is 10.6 Å². The fraction of sp³-hybridized carbons (Fsp3) is 0.300. The molecule has 0 amide bonds. The Balaban J connectivity index is 2.99. The Hall–Kier alpha value is -1.42. The van der Waals surface area contributed by atoms with Gasteiger partial charge in [-0.25, -0.2) is 5.43 Å². The molecule has 0 unspecified atom stereocenters. The fourth-order valence-corrected chi connectivity index (χ4v) is 1.62. The van der Waals surface area contributed by atoms with Crippen molar-refractivity contribution < 1.29 is 35.8 Å². The molecule has 0 aliphatic heterocycles. The van der Waals surface area contributed by atoms with Crippen LogP contribution >= 0.6 is 23.2 Å². The Bertz CT molecular complexity index is 589. The number of rotatable bonds is 4. The first-order chi connectivity index (χ1) is 9.79. The first-order valence-corrected chi connectivity index (χ1v) is 5.86. The molecule has 1 aromatic carbocycles. The monoisotopic (exact) mass is 372 g/mol. The van der Waals surface area contributed by atoms with Crippen LogP contribution in [0.1, 0.15) is 5.56 Å². The van der Waals surface area contributed by atoms with Gasteiger partial charge in [0.1, 0.15) is 5.75 Å². The van der Waals surface area contributed by atoms with Crippen molar-refractivity contribution in [3.8, 4) is 5.75 Å². The number of hydrazone groups is 1. The molecule has 1 aromatic rings. The smallest absolute Gasteiger partial charge is 0.462 e. The highest BCUT2D eigenvalue weighted by atomic mass is 35.5. The van der Waals surface area contributed by atoms with E-state index in [1.54, 1.807) is 0 Å². The van der Waals surface area contributed by atoms with Crippen LogP contribution in [0.5, 0.6) is 5.75 Å². The maximum atomic E-state index is 12.8. The van der Waals surface area contributed by atoms with Gasteiger partial charge < -0.3 is 5.11 Å². The molecule has 2 N–H and O–H groups in total. The summed E-state index contributed by atoms with van der Waals surface area (Å²) in [5.41, 5.74) is 0.0107. The van der Waals surface area contributed by atoms with E-state index >= 15 is 0 Å². The highest BCUT2D eigenvalue weighted by Crippen LogP contribution is 2.45. The molecule has 0 atom stereocenters. The maximum absolute atomic E-state index is 12.8. The van der Waals surface area contributed by atoms with Gasteiger partial charge in [-0.2, -0.15) is 35.8 Å². The van der Waals surface area contributed by atoms with Crippen LogP contribution in [0, 0.1) is 0 Å². The van der Waals surface area contributed by atoms with Gasteiger partial charge in [-0.05, 0) is 12.1 Å². The first kappa shape index (κ1) is 18.6. The number of nitrogens with one attached hydrogen (secondary N) is 1. The summed E-state index contributed by atoms with van der Waals surface area (Å²) >= 11 is 11.0. The third-order valence-corrected chi connectivity index (χ3v) is 2.72. The zero-order valence-electron chi connectivity index (χ0n) is 10.0. The number of nitrogens with zero attached hydrogens (tertiary/aromatic N) is 1. The molecule has 0 spiro atoms. The van der Waals surface area contributed by atoms with Gasteiger partial charge in [0.2, 0.25) is 0 Å². The Morgan fingerprint density at radius 1 is 1.05 bits per heavy atom. The summed E-state index contributed by atoms with van der Waals surface area (Å²) in [6.45, 7) is 0. The normalized spacial score (nSPS) is 13.7. The van der Waals surface area contributed by atoms with Crippen LogP contribution < -0.4 is 5.43 Å². The van der Waals surface area contributed by atoms with Gasteiger partial charge in [-0.1, -0.05) is 23.2 Å². The van der Waals surface area contributed by atoms with Crippen molar-refractivity contribution in [3.63, 3.8) is 0 Å². The minimum absolute atomic E-state index is 0.0587. The summed E-state index contributed by atoms with van der Waals surface area (Å²) in [5.74, 6) is -7.03. The van der Waals surface area contributed by atoms with E-state index in [4.69, 9.17) is 23.2 Å². The highest BCUT2D eigenvalue weighted by molar-refractivity contribution is 6.36. The largest absolute Gasteiger partial charge is 0.506 e. The van der Waals surface area contributed by atoms with Gasteiger partial charge >= 0.3 is 18.1 Å². The van der Waals surface area contributed by atoms with Gasteiger partial charge in [-0.15, -0.1) is 0 Å². The second-order valence-electron chi connectivity index (χ2n) is 3.84. The Morgan fingerprint density at radius 3 is 2.09 bits per heavy atom. The zero-order chi connectivity index (χ0) is 17.3. The molecule has 0 aliphatic rings. The molecule has 0 aliphatic carbocycles. The first-order valence-electron chi connectivity index (χ1n) is 5.10. The lowest BCUT2D eigenvalue weighted by molar-refractivity contribution is -0.361. The zero-order valence-corrected chi connectivity index (χ0v) is 11.5. The summed E-state index contributed by atoms with van der Waals surface area (Å²) in [5, 5.41) is 11.6. The minimum atomic E-state index is -6.49. The number of phenols is 1. The van der Waals surface area contributed by atoms with Crippen LogP contribution in [0.2, 0.25) is 10.0 Å². The van der Waals surface area contributed by atoms with E-state index in [9.17, 15) is 35.8 Å². The van der Waals surface area contributed by atoms with Crippen LogP contribution in [0.3, 0.4) is 0 Å². The third kappa shape index (κ3) is 3.67. The number of benzene rings is 1. The summed E-state index contributed by atoms with van der Waals surface area (Å²) in [6, 6.07) is -3.66. The van der Waals surface area contributed by atoms with Crippen LogP contribution in [-0.2, 0) is 0 Å². The van der Waals surface area contributed by atoms with E-state index < -0.39 is 23.9 Å². The standard InChI is InChI=1S/C10H5Cl2F7N2O/c11-5-1-4(7(22)6(12)2-5)3-20-21-10(18,19)8(13,14)9(15,16)17/h1-3,21-22H/b20-3+. The molecule has 3 nitrogen and oxygen atoms in total. The van der Waals surface area contributed by atoms with Gasteiger partial charge in [0.25, 0.3) is 0 Å². The lowest BCUT2D eigenvalue weighted by atomic mass is 10.2. The third-order valence-electron chi connectivity index (χ3n) is 2.22. The average molecular weight is 373 g/mol. The summed E-state index contributed by atoms with van der Waals surface area (Å²) in [4.78, 5) is 0. The van der Waals surface area contributed by atoms with E-state index in [1.807, 2.05) is 0 Å². The van der Waals surface area contributed by atoms with Crippen molar-refractivity contribution in [3.05, 3.63) is 27.7 Å². The van der Waals surface area contributed by atoms with Crippen molar-refractivity contribution >= 4 is 29.4 Å². The predicted molar refractivity (Wildman–Crippen MR) is 64.8 cm³/mol. The average Bonchev–Trinajstić information content (AvgIpc) is 2.33. The molecule has 0 heterocycles. The second kappa shape index (κ2) is 5.99. The maximum Gasteiger partial charge on any atom is 0.462 e. The number of phenolic OH excluding ortho intramolecular Hbond substituents is 1. The molecule has 0 aromatic heterocycles. The van der Waals surface area contributed by atoms with Crippen LogP contribution in [0.25, 0.3) is 0 Å². The lowest BCUT2D eigenvalue weighted by Crippen LogP contribution is -2.58. The molecule has 0 bridgehead atoms. The molecule has 124 valence electrons. The molecule has 0 saturated carbocycles. The molecule has 0 radical (unpaired) electrons. The Labute approximate surface area is 128 Å². The molecule has 1 rings (SSSR count). The quantitative estimate of drug-likeness (QED) is 0.356. The van der Waals surface area contributed by atoms with Gasteiger partial charge in [-0.3, -0.25) is 0 Å². The Morgan fingerprint density at radius 2 is 1.59 bits per heavy atom. The van der Waals surface area contributed by atoms with Crippen molar-refractivity contribution in [1.82, 2.24) is 5.43 Å². The summed E-state index contributed by atoms with van der Waals surface area (Å²) in [6.07, 6.45) is -6.13. The molecule has 0 fully saturated rings. The topological polar surface area (TPSA) is 44.6 Å². The van der Waals surface area contributed by atoms with Crippen LogP contribution in [-0.4, -0.2) is 29.5 Å². The predicted octanol–water partition coefficient (Wildman–Crippen LogP) is 4.41. The number of hydrogen-bond donors (Lipinski definition) is 2. The summed E-state index contributed by atoms with van der Waals surface area (Å²) < 4.78 is 86.3. The fourth-order valence-electron chi connectivity index (χ4n) is 1.12. The molecular weight excluding hydrogens is 368 g/mol. The van der Waals surface area contributed by atoms with Crippen LogP contribution in [0.15, 0.2) is 17.2 Å². The van der Waals surface area contributed by atoms with E-state index in [-0.39, 0.29) is 15.6 Å². The van der Waals surface area contributed by atoms with Crippen LogP contribution in [0.4, 0.5) is 30.7 Å². The molecule has 0 saturated heterocycles. The highest BCUT2D eigenvalue weighted by Gasteiger charge is 2.73. The van der Waals surface area contributed by atoms with Crippen molar-refractivity contribution in [2.24, 2.45) is 5.10 Å². The van der Waals surface area contributed by atoms with E-state index in [1.165, 1.54) is 0 Å². The minimum Gasteiger partial charge on any atom is -0.506 e. The molecule has 22 heavy (non-hydrogen) atoms. The molecular formula is C10H5Cl2F7N2O. The second-order valence-corrected chi connectivity index (χ2v) is 4.69. The van der Waals surface area contributed by atoms with E-state index in [2.05, 4.69) is 5.10 Å². The number of hydrogen-bond acceptors (Lipinski definition) is 3.